The van der Waals surface area contributed by atoms with Gasteiger partial charge in [-0.15, -0.1) is 0 Å². The molecule has 4 rings (SSSR count). The molecule has 0 spiro atoms. The largest absolute Gasteiger partial charge is 0.508 e. The number of aryl methyl sites for hydroxylation is 1. The van der Waals surface area contributed by atoms with E-state index in [2.05, 4.69) is 16.0 Å². The number of nitrogens with one attached hydrogen (secondary N) is 3. The van der Waals surface area contributed by atoms with E-state index in [0.717, 1.165) is 11.1 Å². The molecule has 0 aromatic heterocycles. The number of fused-ring (bicyclic) bond motifs is 3. The summed E-state index contributed by atoms with van der Waals surface area (Å²) in [6, 6.07) is 11.9. The fraction of sp³-hybridized carbons (Fsp3) is 0.344. The number of hydrogen-bond acceptors (Lipinski definition) is 8. The summed E-state index contributed by atoms with van der Waals surface area (Å²) in [4.78, 5) is 39.2. The third-order valence-electron chi connectivity index (χ3n) is 7.29. The summed E-state index contributed by atoms with van der Waals surface area (Å²) in [5.74, 6) is 0.641. The van der Waals surface area contributed by atoms with Gasteiger partial charge in [0.1, 0.15) is 11.8 Å². The lowest BCUT2D eigenvalue weighted by molar-refractivity contribution is -0.120. The van der Waals surface area contributed by atoms with Crippen LogP contribution in [0.3, 0.4) is 0 Å². The lowest BCUT2D eigenvalue weighted by Gasteiger charge is -2.22. The van der Waals surface area contributed by atoms with Crippen molar-refractivity contribution < 1.29 is 28.9 Å². The Morgan fingerprint density at radius 1 is 0.976 bits per heavy atom. The van der Waals surface area contributed by atoms with Crippen LogP contribution in [0.2, 0.25) is 0 Å². The van der Waals surface area contributed by atoms with Gasteiger partial charge in [0, 0.05) is 24.2 Å². The Kier molecular flexibility index (Phi) is 9.25. The number of benzene rings is 2. The average Bonchev–Trinajstić information content (AvgIpc) is 3.18. The highest BCUT2D eigenvalue weighted by atomic mass is 16.5. The second-order valence-electron chi connectivity index (χ2n) is 10.5. The maximum atomic E-state index is 13.7. The number of anilines is 2. The summed E-state index contributed by atoms with van der Waals surface area (Å²) in [5.41, 5.74) is 3.28. The molecule has 0 bridgehead atoms. The Bertz CT molecular complexity index is 1550. The first kappa shape index (κ1) is 30.2. The molecule has 0 unspecified atom stereocenters. The van der Waals surface area contributed by atoms with Gasteiger partial charge < -0.3 is 35.3 Å². The third-order valence-corrected chi connectivity index (χ3v) is 7.29. The molecule has 4 N–H and O–H groups in total. The van der Waals surface area contributed by atoms with Gasteiger partial charge >= 0.3 is 0 Å². The summed E-state index contributed by atoms with van der Waals surface area (Å²) >= 11 is 0. The topological polar surface area (TPSA) is 135 Å². The van der Waals surface area contributed by atoms with Gasteiger partial charge in [-0.05, 0) is 65.8 Å². The highest BCUT2D eigenvalue weighted by Gasteiger charge is 2.30. The zero-order valence-corrected chi connectivity index (χ0v) is 24.7. The summed E-state index contributed by atoms with van der Waals surface area (Å²) in [6.45, 7) is 5.18. The van der Waals surface area contributed by atoms with Gasteiger partial charge in [0.2, 0.25) is 23.0 Å². The molecule has 10 nitrogen and oxygen atoms in total. The number of methoxy groups -OCH3 is 3. The van der Waals surface area contributed by atoms with Crippen LogP contribution in [0.1, 0.15) is 44.4 Å². The molecule has 0 fully saturated rings. The van der Waals surface area contributed by atoms with E-state index in [9.17, 15) is 19.5 Å². The van der Waals surface area contributed by atoms with E-state index in [-0.39, 0.29) is 34.6 Å². The van der Waals surface area contributed by atoms with Crippen LogP contribution in [0, 0.1) is 5.92 Å². The van der Waals surface area contributed by atoms with Crippen LogP contribution in [0.15, 0.2) is 53.3 Å². The zero-order chi connectivity index (χ0) is 30.6. The Balaban J connectivity index is 1.85. The van der Waals surface area contributed by atoms with Crippen molar-refractivity contribution in [3.8, 4) is 34.1 Å². The molecule has 0 saturated carbocycles. The smallest absolute Gasteiger partial charge is 0.247 e. The summed E-state index contributed by atoms with van der Waals surface area (Å²) in [7, 11) is 4.62. The molecule has 3 aromatic carbocycles. The molecule has 1 aliphatic rings. The SMILES string of the molecule is COc1cc2c(c(OC)c1OC)-c1ccc(N[C@H](C(=O)Nc3cccc(O)c3)C(C)C)c(=O)cc1[C@@H](NC(C)=O)CC2. The Morgan fingerprint density at radius 2 is 1.71 bits per heavy atom. The van der Waals surface area contributed by atoms with Crippen molar-refractivity contribution in [3.63, 3.8) is 0 Å². The number of aromatic hydroxyl groups is 1. The highest BCUT2D eigenvalue weighted by molar-refractivity contribution is 5.97. The number of ether oxygens (including phenoxy) is 3. The first-order valence-corrected chi connectivity index (χ1v) is 13.7. The van der Waals surface area contributed by atoms with Crippen molar-refractivity contribution in [1.82, 2.24) is 5.32 Å². The molecular weight excluding hydrogens is 538 g/mol. The number of carbonyl (C=O) groups is 2. The predicted octanol–water partition coefficient (Wildman–Crippen LogP) is 4.64. The number of hydrogen-bond donors (Lipinski definition) is 4. The molecule has 1 aliphatic carbocycles. The van der Waals surface area contributed by atoms with Crippen molar-refractivity contribution >= 4 is 23.2 Å². The molecule has 3 aromatic rings. The second-order valence-corrected chi connectivity index (χ2v) is 10.5. The van der Waals surface area contributed by atoms with Gasteiger partial charge in [0.25, 0.3) is 0 Å². The van der Waals surface area contributed by atoms with Crippen molar-refractivity contribution in [3.05, 3.63) is 69.9 Å². The zero-order valence-electron chi connectivity index (χ0n) is 24.7. The fourth-order valence-corrected chi connectivity index (χ4v) is 5.33. The van der Waals surface area contributed by atoms with Gasteiger partial charge in [-0.25, -0.2) is 0 Å². The normalized spacial score (nSPS) is 14.5. The van der Waals surface area contributed by atoms with Crippen LogP contribution in [-0.4, -0.2) is 44.3 Å². The minimum absolute atomic E-state index is 0.0268. The first-order chi connectivity index (χ1) is 20.1. The van der Waals surface area contributed by atoms with E-state index in [1.54, 1.807) is 38.5 Å². The number of carbonyl (C=O) groups excluding carboxylic acids is 2. The lowest BCUT2D eigenvalue weighted by atomic mass is 9.95. The van der Waals surface area contributed by atoms with Crippen molar-refractivity contribution in [1.29, 1.82) is 0 Å². The number of phenolic OH excluding ortho intramolecular Hbond substituents is 1. The second kappa shape index (κ2) is 12.8. The van der Waals surface area contributed by atoms with Crippen LogP contribution < -0.4 is 35.6 Å². The number of rotatable bonds is 9. The quantitative estimate of drug-likeness (QED) is 0.290. The monoisotopic (exact) mass is 575 g/mol. The molecular formula is C32H37N3O7. The van der Waals surface area contributed by atoms with E-state index < -0.39 is 12.1 Å². The lowest BCUT2D eigenvalue weighted by Crippen LogP contribution is -2.39. The van der Waals surface area contributed by atoms with Gasteiger partial charge in [0.05, 0.1) is 33.1 Å². The van der Waals surface area contributed by atoms with Crippen LogP contribution >= 0.6 is 0 Å². The van der Waals surface area contributed by atoms with Crippen molar-refractivity contribution in [2.45, 2.75) is 45.7 Å². The molecule has 222 valence electrons. The van der Waals surface area contributed by atoms with Gasteiger partial charge in [0.15, 0.2) is 11.5 Å². The van der Waals surface area contributed by atoms with Crippen LogP contribution in [0.4, 0.5) is 11.4 Å². The predicted molar refractivity (Wildman–Crippen MR) is 162 cm³/mol. The molecule has 2 amide bonds. The van der Waals surface area contributed by atoms with Crippen LogP contribution in [0.5, 0.6) is 23.0 Å². The average molecular weight is 576 g/mol. The number of amides is 2. The molecule has 10 heteroatoms. The van der Waals surface area contributed by atoms with E-state index >= 15 is 0 Å². The Labute approximate surface area is 245 Å². The van der Waals surface area contributed by atoms with Gasteiger partial charge in [-0.2, -0.15) is 0 Å². The molecule has 0 heterocycles. The molecule has 0 saturated heterocycles. The number of phenols is 1. The van der Waals surface area contributed by atoms with E-state index in [0.29, 0.717) is 46.9 Å². The van der Waals surface area contributed by atoms with E-state index in [1.807, 2.05) is 19.9 Å². The van der Waals surface area contributed by atoms with Gasteiger partial charge in [-0.3, -0.25) is 14.4 Å². The summed E-state index contributed by atoms with van der Waals surface area (Å²) < 4.78 is 17.1. The highest BCUT2D eigenvalue weighted by Crippen LogP contribution is 2.50. The van der Waals surface area contributed by atoms with E-state index in [1.165, 1.54) is 32.2 Å². The van der Waals surface area contributed by atoms with Crippen LogP contribution in [-0.2, 0) is 16.0 Å². The summed E-state index contributed by atoms with van der Waals surface area (Å²) in [6.07, 6.45) is 1.12. The maximum absolute atomic E-state index is 13.7. The Morgan fingerprint density at radius 3 is 2.33 bits per heavy atom. The first-order valence-electron chi connectivity index (χ1n) is 13.7. The molecule has 0 aliphatic heterocycles. The van der Waals surface area contributed by atoms with Gasteiger partial charge in [-0.1, -0.05) is 26.0 Å². The van der Waals surface area contributed by atoms with Crippen molar-refractivity contribution in [2.75, 3.05) is 32.0 Å². The van der Waals surface area contributed by atoms with E-state index in [4.69, 9.17) is 14.2 Å². The molecule has 0 radical (unpaired) electrons. The van der Waals surface area contributed by atoms with Crippen molar-refractivity contribution in [2.24, 2.45) is 5.92 Å². The standard InChI is InChI=1S/C32H37N3O7/c1-17(2)29(32(39)34-20-8-7-9-21(37)15-20)35-25-13-11-22-23(16-26(25)38)24(33-18(3)36)12-10-19-14-27(40-4)30(41-5)31(42-6)28(19)22/h7-9,11,13-17,24,29,37H,10,12H2,1-6H3,(H,33,36)(H,34,39)(H,35,38)/t24-,29-/m0/s1. The maximum Gasteiger partial charge on any atom is 0.247 e. The minimum atomic E-state index is -0.764. The molecule has 42 heavy (non-hydrogen) atoms. The summed E-state index contributed by atoms with van der Waals surface area (Å²) in [5, 5.41) is 18.7. The third kappa shape index (κ3) is 6.27. The van der Waals surface area contributed by atoms with Crippen LogP contribution in [0.25, 0.3) is 11.1 Å². The fourth-order valence-electron chi connectivity index (χ4n) is 5.33. The minimum Gasteiger partial charge on any atom is -0.508 e. The molecule has 2 atom stereocenters. The Hall–Kier alpha value is -4.73.